The van der Waals surface area contributed by atoms with Gasteiger partial charge in [-0.3, -0.25) is 24.9 Å². The zero-order valence-electron chi connectivity index (χ0n) is 40.9. The summed E-state index contributed by atoms with van der Waals surface area (Å²) >= 11 is 0. The Morgan fingerprint density at radius 3 is 1.93 bits per heavy atom. The van der Waals surface area contributed by atoms with E-state index in [-0.39, 0.29) is 44.1 Å². The van der Waals surface area contributed by atoms with Gasteiger partial charge in [0.25, 0.3) is 14.4 Å². The van der Waals surface area contributed by atoms with E-state index in [1.54, 1.807) is 51.5 Å². The van der Waals surface area contributed by atoms with E-state index >= 15 is 0 Å². The molecular weight excluding hydrogens is 948 g/mol. The van der Waals surface area contributed by atoms with Gasteiger partial charge in [-0.05, 0) is 87.7 Å². The van der Waals surface area contributed by atoms with Gasteiger partial charge in [0, 0.05) is 36.0 Å². The number of ether oxygens (including phenoxy) is 4. The van der Waals surface area contributed by atoms with E-state index in [0.29, 0.717) is 39.3 Å². The largest absolute Gasteiger partial charge is 0.497 e. The van der Waals surface area contributed by atoms with Crippen LogP contribution in [0.3, 0.4) is 0 Å². The molecule has 1 unspecified atom stereocenters. The number of morpholine rings is 1. The quantitative estimate of drug-likeness (QED) is 0.0198. The molecule has 3 heterocycles. The van der Waals surface area contributed by atoms with Crippen LogP contribution in [0.1, 0.15) is 73.0 Å². The van der Waals surface area contributed by atoms with Gasteiger partial charge < -0.3 is 43.5 Å². The van der Waals surface area contributed by atoms with Gasteiger partial charge in [0.1, 0.15) is 34.6 Å². The molecule has 2 bridgehead atoms. The van der Waals surface area contributed by atoms with Crippen LogP contribution in [-0.2, 0) is 24.1 Å². The normalized spacial score (nSPS) is 19.1. The lowest BCUT2D eigenvalue weighted by atomic mass is 9.79. The van der Waals surface area contributed by atoms with Crippen molar-refractivity contribution in [2.24, 2.45) is 0 Å². The minimum Gasteiger partial charge on any atom is -0.497 e. The number of anilines is 1. The van der Waals surface area contributed by atoms with E-state index < -0.39 is 68.2 Å². The maximum absolute atomic E-state index is 14.5. The molecule has 0 saturated carbocycles. The van der Waals surface area contributed by atoms with Crippen molar-refractivity contribution in [3.63, 3.8) is 0 Å². The highest BCUT2D eigenvalue weighted by molar-refractivity contribution is 7.44. The molecule has 5 N–H and O–H groups in total. The Kier molecular flexibility index (Phi) is 16.9. The van der Waals surface area contributed by atoms with Crippen molar-refractivity contribution in [3.05, 3.63) is 154 Å². The summed E-state index contributed by atoms with van der Waals surface area (Å²) in [6, 6.07) is 33.2. The van der Waals surface area contributed by atoms with Gasteiger partial charge in [-0.2, -0.15) is 10.2 Å². The standard InChI is InChI=1S/C51H59N8O12P/c1-32(2)59(33(3)4)72(69-28-14-27-52)71-42-41-45(57-29-34(5)43(54-47(57)61)53-44(60)35-15-10-8-11-16-35)70-50(42,30-58(41)46(55-48(62)63)56-49(64)65)31-68-51(36-17-12-9-13-18-36,37-19-23-39(66-6)24-20-37)38-21-25-40(67-7)26-22-38/h8-13,15-26,29,32-33,41-42,45-46,55-56H,14,28,30-31H2,1-7H3,(H,62,63)(H,64,65)(H,53,54,60,61)/t41-,42+,45-,50-,72?/m1/s1. The first kappa shape index (κ1) is 52.9. The summed E-state index contributed by atoms with van der Waals surface area (Å²) in [6.07, 6.45) is -5.84. The monoisotopic (exact) mass is 1010 g/mol. The number of methoxy groups -OCH3 is 2. The van der Waals surface area contributed by atoms with E-state index in [0.717, 1.165) is 0 Å². The van der Waals surface area contributed by atoms with Crippen molar-refractivity contribution in [1.82, 2.24) is 29.8 Å². The number of hydrogen-bond donors (Lipinski definition) is 5. The molecule has 4 aromatic carbocycles. The van der Waals surface area contributed by atoms with Gasteiger partial charge in [0.2, 0.25) is 0 Å². The molecular formula is C51H59N8O12P. The van der Waals surface area contributed by atoms with Crippen LogP contribution < -0.4 is 31.1 Å². The molecule has 21 heteroatoms. The fraction of sp³-hybridized carbons (Fsp3) is 0.373. The number of rotatable bonds is 22. The molecule has 3 amide bonds. The average Bonchev–Trinajstić information content (AvgIpc) is 3.84. The van der Waals surface area contributed by atoms with E-state index in [2.05, 4.69) is 27.0 Å². The van der Waals surface area contributed by atoms with Gasteiger partial charge >= 0.3 is 17.9 Å². The summed E-state index contributed by atoms with van der Waals surface area (Å²) in [5, 5.41) is 37.3. The van der Waals surface area contributed by atoms with Crippen LogP contribution in [0.25, 0.3) is 0 Å². The topological polar surface area (TPSA) is 248 Å². The minimum atomic E-state index is -2.10. The first-order valence-corrected chi connectivity index (χ1v) is 24.3. The molecule has 2 aliphatic rings. The van der Waals surface area contributed by atoms with Crippen molar-refractivity contribution >= 4 is 32.4 Å². The molecule has 0 radical (unpaired) electrons. The third kappa shape index (κ3) is 11.2. The molecule has 2 saturated heterocycles. The fourth-order valence-corrected chi connectivity index (χ4v) is 11.1. The number of likely N-dealkylation sites (tertiary alicyclic amines) is 1. The van der Waals surface area contributed by atoms with Crippen LogP contribution in [0, 0.1) is 18.3 Å². The maximum Gasteiger partial charge on any atom is 0.407 e. The van der Waals surface area contributed by atoms with Crippen LogP contribution >= 0.6 is 8.53 Å². The lowest BCUT2D eigenvalue weighted by Gasteiger charge is -2.43. The second kappa shape index (κ2) is 23.1. The Bertz CT molecular complexity index is 2690. The van der Waals surface area contributed by atoms with Gasteiger partial charge in [0.05, 0.1) is 46.0 Å². The second-order valence-corrected chi connectivity index (χ2v) is 19.1. The zero-order valence-corrected chi connectivity index (χ0v) is 41.8. The number of amides is 3. The number of hydrogen-bond acceptors (Lipinski definition) is 14. The molecule has 0 spiro atoms. The number of aromatic nitrogens is 2. The first-order chi connectivity index (χ1) is 34.5. The van der Waals surface area contributed by atoms with Gasteiger partial charge in [-0.1, -0.05) is 72.8 Å². The number of nitrogens with one attached hydrogen (secondary N) is 3. The Balaban J connectivity index is 1.45. The van der Waals surface area contributed by atoms with Crippen LogP contribution in [-0.4, -0.2) is 118 Å². The highest BCUT2D eigenvalue weighted by atomic mass is 31.2. The summed E-state index contributed by atoms with van der Waals surface area (Å²) in [6.45, 7) is 8.91. The van der Waals surface area contributed by atoms with Crippen LogP contribution in [0.15, 0.2) is 120 Å². The molecule has 2 aliphatic heterocycles. The summed E-state index contributed by atoms with van der Waals surface area (Å²) < 4.78 is 42.8. The summed E-state index contributed by atoms with van der Waals surface area (Å²) in [4.78, 5) is 58.7. The summed E-state index contributed by atoms with van der Waals surface area (Å²) in [5.74, 6) is 0.662. The lowest BCUT2D eigenvalue weighted by Crippen LogP contribution is -2.63. The fourth-order valence-electron chi connectivity index (χ4n) is 9.30. The van der Waals surface area contributed by atoms with Crippen molar-refractivity contribution in [2.45, 2.75) is 89.0 Å². The number of nitriles is 1. The van der Waals surface area contributed by atoms with E-state index in [9.17, 15) is 34.7 Å². The molecule has 72 heavy (non-hydrogen) atoms. The van der Waals surface area contributed by atoms with Crippen molar-refractivity contribution in [3.8, 4) is 17.6 Å². The lowest BCUT2D eigenvalue weighted by molar-refractivity contribution is -0.183. The van der Waals surface area contributed by atoms with Crippen LogP contribution in [0.4, 0.5) is 15.4 Å². The predicted molar refractivity (Wildman–Crippen MR) is 265 cm³/mol. The molecule has 0 aliphatic carbocycles. The molecule has 380 valence electrons. The Hall–Kier alpha value is -6.95. The third-order valence-corrected chi connectivity index (χ3v) is 14.5. The van der Waals surface area contributed by atoms with Crippen molar-refractivity contribution in [1.29, 1.82) is 5.26 Å². The van der Waals surface area contributed by atoms with Gasteiger partial charge in [-0.25, -0.2) is 19.1 Å². The third-order valence-electron chi connectivity index (χ3n) is 12.4. The van der Waals surface area contributed by atoms with Crippen LogP contribution in [0.2, 0.25) is 0 Å². The van der Waals surface area contributed by atoms with Gasteiger partial charge in [-0.15, -0.1) is 0 Å². The first-order valence-electron chi connectivity index (χ1n) is 23.2. The van der Waals surface area contributed by atoms with Crippen molar-refractivity contribution < 1.29 is 52.6 Å². The van der Waals surface area contributed by atoms with Gasteiger partial charge in [0.15, 0.2) is 12.5 Å². The highest BCUT2D eigenvalue weighted by Gasteiger charge is 2.68. The number of carboxylic acid groups (broad SMARTS) is 2. The Labute approximate surface area is 418 Å². The number of carbonyl (C=O) groups is 3. The Morgan fingerprint density at radius 1 is 0.875 bits per heavy atom. The second-order valence-electron chi connectivity index (χ2n) is 17.7. The summed E-state index contributed by atoms with van der Waals surface area (Å²) in [5.41, 5.74) is -1.26. The molecule has 20 nitrogen and oxygen atoms in total. The highest BCUT2D eigenvalue weighted by Crippen LogP contribution is 2.57. The van der Waals surface area contributed by atoms with E-state index in [1.165, 1.54) is 15.7 Å². The zero-order chi connectivity index (χ0) is 51.7. The molecule has 5 atom stereocenters. The molecule has 2 fully saturated rings. The number of nitrogens with zero attached hydrogens (tertiary/aromatic N) is 5. The summed E-state index contributed by atoms with van der Waals surface area (Å²) in [7, 11) is 1.04. The minimum absolute atomic E-state index is 0.0123. The van der Waals surface area contributed by atoms with E-state index in [4.69, 9.17) is 28.0 Å². The number of carbonyl (C=O) groups excluding carboxylic acids is 1. The van der Waals surface area contributed by atoms with E-state index in [1.807, 2.05) is 111 Å². The Morgan fingerprint density at radius 2 is 1.42 bits per heavy atom. The average molecular weight is 1010 g/mol. The SMILES string of the molecule is COc1ccc(C(OC[C@@]23CN(C(NC(=O)O)NC(=O)O)[C@@H]([C@H](n4cc(C)c(NC(=O)c5ccccc5)nc4=O)O2)[C@@H]3OP(OCCC#N)N(C(C)C)C(C)C)(c2ccccc2)c2ccc(OC)cc2)cc1. The molecule has 5 aromatic rings. The van der Waals surface area contributed by atoms with Crippen molar-refractivity contribution in [2.75, 3.05) is 39.3 Å². The predicted octanol–water partition coefficient (Wildman–Crippen LogP) is 7.26. The smallest absolute Gasteiger partial charge is 0.407 e. The molecule has 1 aromatic heterocycles. The number of aryl methyl sites for hydroxylation is 1. The number of fused-ring (bicyclic) bond motifs is 2. The molecule has 7 rings (SSSR count). The number of benzene rings is 4. The maximum atomic E-state index is 14.5. The van der Waals surface area contributed by atoms with Crippen LogP contribution in [0.5, 0.6) is 11.5 Å².